The van der Waals surface area contributed by atoms with E-state index >= 15 is 0 Å². The molecule has 2 aliphatic rings. The first-order chi connectivity index (χ1) is 6.66. The molecule has 2 nitrogen and oxygen atoms in total. The number of aliphatic hydroxyl groups excluding tert-OH is 1. The van der Waals surface area contributed by atoms with Crippen LogP contribution < -0.4 is 0 Å². The molecule has 1 aliphatic carbocycles. The van der Waals surface area contributed by atoms with E-state index in [4.69, 9.17) is 9.84 Å². The summed E-state index contributed by atoms with van der Waals surface area (Å²) in [5.41, 5.74) is 0.125. The van der Waals surface area contributed by atoms with E-state index in [1.807, 2.05) is 0 Å². The van der Waals surface area contributed by atoms with Crippen molar-refractivity contribution in [3.8, 4) is 0 Å². The van der Waals surface area contributed by atoms with E-state index in [2.05, 4.69) is 13.8 Å². The molecule has 0 radical (unpaired) electrons. The van der Waals surface area contributed by atoms with Gasteiger partial charge in [0, 0.05) is 0 Å². The molecule has 0 bridgehead atoms. The summed E-state index contributed by atoms with van der Waals surface area (Å²) in [4.78, 5) is 0. The molecule has 1 saturated heterocycles. The standard InChI is InChI=1S/C12H22O2/c1-9-3-5-12(10(2)7-9)6-4-11(8-13)14-12/h9-11,13H,3-8H2,1-2H3/t9-,10+,11+,12+/m1/s1. The van der Waals surface area contributed by atoms with Gasteiger partial charge in [-0.05, 0) is 43.9 Å². The molecule has 4 atom stereocenters. The van der Waals surface area contributed by atoms with Gasteiger partial charge in [0.25, 0.3) is 0 Å². The first-order valence-corrected chi connectivity index (χ1v) is 5.95. The summed E-state index contributed by atoms with van der Waals surface area (Å²) < 4.78 is 6.05. The Morgan fingerprint density at radius 1 is 1.29 bits per heavy atom. The van der Waals surface area contributed by atoms with Gasteiger partial charge in [0.15, 0.2) is 0 Å². The van der Waals surface area contributed by atoms with Crippen molar-refractivity contribution in [2.45, 2.75) is 57.7 Å². The van der Waals surface area contributed by atoms with Crippen molar-refractivity contribution in [3.63, 3.8) is 0 Å². The van der Waals surface area contributed by atoms with E-state index in [0.29, 0.717) is 5.92 Å². The van der Waals surface area contributed by atoms with Crippen LogP contribution in [0.25, 0.3) is 0 Å². The first-order valence-electron chi connectivity index (χ1n) is 5.95. The maximum Gasteiger partial charge on any atom is 0.0814 e. The Kier molecular flexibility index (Phi) is 2.85. The molecule has 2 rings (SSSR count). The monoisotopic (exact) mass is 198 g/mol. The van der Waals surface area contributed by atoms with Crippen molar-refractivity contribution in [2.75, 3.05) is 6.61 Å². The minimum Gasteiger partial charge on any atom is -0.394 e. The highest BCUT2D eigenvalue weighted by molar-refractivity contribution is 4.96. The van der Waals surface area contributed by atoms with Crippen LogP contribution in [0.1, 0.15) is 46.0 Å². The molecule has 0 aromatic heterocycles. The predicted molar refractivity (Wildman–Crippen MR) is 56.1 cm³/mol. The second-order valence-corrected chi connectivity index (χ2v) is 5.31. The summed E-state index contributed by atoms with van der Waals surface area (Å²) in [7, 11) is 0. The van der Waals surface area contributed by atoms with Gasteiger partial charge < -0.3 is 9.84 Å². The molecule has 0 aromatic rings. The van der Waals surface area contributed by atoms with Gasteiger partial charge in [-0.1, -0.05) is 13.8 Å². The summed E-state index contributed by atoms with van der Waals surface area (Å²) in [5, 5.41) is 9.09. The third-order valence-electron chi connectivity index (χ3n) is 4.21. The highest BCUT2D eigenvalue weighted by Gasteiger charge is 2.46. The van der Waals surface area contributed by atoms with Gasteiger partial charge in [-0.2, -0.15) is 0 Å². The minimum atomic E-state index is 0.117. The molecule has 1 saturated carbocycles. The molecule has 0 aromatic carbocycles. The van der Waals surface area contributed by atoms with Gasteiger partial charge in [0.05, 0.1) is 18.3 Å². The molecule has 1 heterocycles. The van der Waals surface area contributed by atoms with Crippen LogP contribution in [-0.2, 0) is 4.74 Å². The summed E-state index contributed by atoms with van der Waals surface area (Å²) >= 11 is 0. The maximum absolute atomic E-state index is 9.09. The zero-order chi connectivity index (χ0) is 10.2. The van der Waals surface area contributed by atoms with E-state index < -0.39 is 0 Å². The average molecular weight is 198 g/mol. The van der Waals surface area contributed by atoms with Gasteiger partial charge in [-0.15, -0.1) is 0 Å². The summed E-state index contributed by atoms with van der Waals surface area (Å²) in [5.74, 6) is 1.52. The lowest BCUT2D eigenvalue weighted by molar-refractivity contribution is -0.113. The van der Waals surface area contributed by atoms with Crippen LogP contribution in [-0.4, -0.2) is 23.4 Å². The second-order valence-electron chi connectivity index (χ2n) is 5.31. The average Bonchev–Trinajstić information content (AvgIpc) is 2.58. The van der Waals surface area contributed by atoms with Crippen molar-refractivity contribution >= 4 is 0 Å². The first kappa shape index (κ1) is 10.4. The fraction of sp³-hybridized carbons (Fsp3) is 1.00. The van der Waals surface area contributed by atoms with E-state index in [1.54, 1.807) is 0 Å². The van der Waals surface area contributed by atoms with Crippen LogP contribution in [0.2, 0.25) is 0 Å². The lowest BCUT2D eigenvalue weighted by Crippen LogP contribution is -2.41. The van der Waals surface area contributed by atoms with Crippen LogP contribution in [0.15, 0.2) is 0 Å². The Hall–Kier alpha value is -0.0800. The van der Waals surface area contributed by atoms with E-state index in [9.17, 15) is 0 Å². The zero-order valence-electron chi connectivity index (χ0n) is 9.33. The number of rotatable bonds is 1. The molecular formula is C12H22O2. The second kappa shape index (κ2) is 3.82. The van der Waals surface area contributed by atoms with Crippen LogP contribution in [0.4, 0.5) is 0 Å². The van der Waals surface area contributed by atoms with Crippen molar-refractivity contribution in [1.82, 2.24) is 0 Å². The fourth-order valence-electron chi connectivity index (χ4n) is 3.20. The summed E-state index contributed by atoms with van der Waals surface area (Å²) in [6.45, 7) is 4.85. The molecular weight excluding hydrogens is 176 g/mol. The van der Waals surface area contributed by atoms with E-state index in [0.717, 1.165) is 18.8 Å². The van der Waals surface area contributed by atoms with E-state index in [1.165, 1.54) is 19.3 Å². The lowest BCUT2D eigenvalue weighted by Gasteiger charge is -2.41. The highest BCUT2D eigenvalue weighted by atomic mass is 16.5. The van der Waals surface area contributed by atoms with Gasteiger partial charge in [-0.3, -0.25) is 0 Å². The molecule has 0 amide bonds. The number of aliphatic hydroxyl groups is 1. The Labute approximate surface area is 86.6 Å². The Morgan fingerprint density at radius 3 is 2.57 bits per heavy atom. The molecule has 1 aliphatic heterocycles. The topological polar surface area (TPSA) is 29.5 Å². The minimum absolute atomic E-state index is 0.117. The van der Waals surface area contributed by atoms with Crippen LogP contribution in [0.5, 0.6) is 0 Å². The number of hydrogen-bond donors (Lipinski definition) is 1. The smallest absolute Gasteiger partial charge is 0.0814 e. The van der Waals surface area contributed by atoms with E-state index in [-0.39, 0.29) is 18.3 Å². The molecule has 1 N–H and O–H groups in total. The molecule has 14 heavy (non-hydrogen) atoms. The lowest BCUT2D eigenvalue weighted by atomic mass is 9.71. The Bertz CT molecular complexity index is 204. The van der Waals surface area contributed by atoms with Crippen LogP contribution in [0, 0.1) is 11.8 Å². The third-order valence-corrected chi connectivity index (χ3v) is 4.21. The molecule has 1 spiro atoms. The normalized spacial score (nSPS) is 48.6. The van der Waals surface area contributed by atoms with Gasteiger partial charge >= 0.3 is 0 Å². The van der Waals surface area contributed by atoms with Crippen molar-refractivity contribution in [3.05, 3.63) is 0 Å². The molecule has 2 fully saturated rings. The SMILES string of the molecule is C[C@@H]1CC[C@]2(CC[C@@H](CO)O2)[C@@H](C)C1. The highest BCUT2D eigenvalue weighted by Crippen LogP contribution is 2.46. The van der Waals surface area contributed by atoms with Crippen molar-refractivity contribution in [1.29, 1.82) is 0 Å². The Balaban J connectivity index is 2.02. The maximum atomic E-state index is 9.09. The predicted octanol–water partition coefficient (Wildman–Crippen LogP) is 2.35. The Morgan fingerprint density at radius 2 is 2.00 bits per heavy atom. The number of hydrogen-bond acceptors (Lipinski definition) is 2. The fourth-order valence-corrected chi connectivity index (χ4v) is 3.20. The third kappa shape index (κ3) is 1.70. The quantitative estimate of drug-likeness (QED) is 0.701. The molecule has 82 valence electrons. The van der Waals surface area contributed by atoms with Crippen LogP contribution >= 0.6 is 0 Å². The summed E-state index contributed by atoms with van der Waals surface area (Å²) in [6.07, 6.45) is 6.11. The summed E-state index contributed by atoms with van der Waals surface area (Å²) in [6, 6.07) is 0. The van der Waals surface area contributed by atoms with Crippen molar-refractivity contribution in [2.24, 2.45) is 11.8 Å². The molecule has 0 unspecified atom stereocenters. The number of ether oxygens (including phenoxy) is 1. The van der Waals surface area contributed by atoms with Gasteiger partial charge in [0.1, 0.15) is 0 Å². The largest absolute Gasteiger partial charge is 0.394 e. The molecule has 2 heteroatoms. The van der Waals surface area contributed by atoms with Crippen LogP contribution in [0.3, 0.4) is 0 Å². The van der Waals surface area contributed by atoms with Gasteiger partial charge in [-0.25, -0.2) is 0 Å². The zero-order valence-corrected chi connectivity index (χ0v) is 9.33. The van der Waals surface area contributed by atoms with Crippen molar-refractivity contribution < 1.29 is 9.84 Å². The van der Waals surface area contributed by atoms with Gasteiger partial charge in [0.2, 0.25) is 0 Å².